The molecule has 3 rings (SSSR count). The Labute approximate surface area is 128 Å². The number of rotatable bonds is 5. The molecule has 7 heteroatoms. The minimum Gasteiger partial charge on any atom is -0.379 e. The molecule has 1 saturated heterocycles. The van der Waals surface area contributed by atoms with Crippen molar-refractivity contribution in [3.63, 3.8) is 0 Å². The van der Waals surface area contributed by atoms with Crippen LogP contribution in [0.15, 0.2) is 36.9 Å². The minimum absolute atomic E-state index is 0.0570. The van der Waals surface area contributed by atoms with Crippen LogP contribution in [0.25, 0.3) is 5.69 Å². The van der Waals surface area contributed by atoms with E-state index in [1.807, 2.05) is 12.1 Å². The van der Waals surface area contributed by atoms with E-state index in [1.54, 1.807) is 23.1 Å². The topological polar surface area (TPSA) is 72.3 Å². The van der Waals surface area contributed by atoms with E-state index in [0.717, 1.165) is 38.5 Å². The van der Waals surface area contributed by atoms with Crippen LogP contribution in [0.5, 0.6) is 0 Å². The summed E-state index contributed by atoms with van der Waals surface area (Å²) in [6, 6.07) is 7.29. The second kappa shape index (κ2) is 7.15. The highest BCUT2D eigenvalue weighted by Gasteiger charge is 2.11. The Balaban J connectivity index is 1.49. The molecule has 2 aromatic rings. The van der Waals surface area contributed by atoms with Gasteiger partial charge in [-0.05, 0) is 24.3 Å². The maximum atomic E-state index is 12.1. The number of carbonyl (C=O) groups is 1. The van der Waals surface area contributed by atoms with Gasteiger partial charge in [-0.3, -0.25) is 9.69 Å². The molecular weight excluding hydrogens is 282 g/mol. The summed E-state index contributed by atoms with van der Waals surface area (Å²) in [6.45, 7) is 4.91. The van der Waals surface area contributed by atoms with E-state index < -0.39 is 0 Å². The van der Waals surface area contributed by atoms with Gasteiger partial charge in [0.1, 0.15) is 12.7 Å². The fraction of sp³-hybridized carbons (Fsp3) is 0.400. The van der Waals surface area contributed by atoms with Gasteiger partial charge >= 0.3 is 0 Å². The fourth-order valence-corrected chi connectivity index (χ4v) is 2.36. The number of nitrogens with zero attached hydrogens (tertiary/aromatic N) is 4. The molecule has 2 heterocycles. The number of nitrogens with one attached hydrogen (secondary N) is 1. The zero-order valence-corrected chi connectivity index (χ0v) is 12.3. The van der Waals surface area contributed by atoms with Crippen LogP contribution in [0, 0.1) is 0 Å². The lowest BCUT2D eigenvalue weighted by molar-refractivity contribution is 0.0383. The molecule has 1 amide bonds. The first kappa shape index (κ1) is 14.7. The summed E-state index contributed by atoms with van der Waals surface area (Å²) in [5.41, 5.74) is 1.52. The van der Waals surface area contributed by atoms with E-state index >= 15 is 0 Å². The molecule has 1 aromatic heterocycles. The summed E-state index contributed by atoms with van der Waals surface area (Å²) >= 11 is 0. The van der Waals surface area contributed by atoms with Crippen LogP contribution in [0.3, 0.4) is 0 Å². The van der Waals surface area contributed by atoms with E-state index in [0.29, 0.717) is 12.1 Å². The Morgan fingerprint density at radius 1 is 1.23 bits per heavy atom. The van der Waals surface area contributed by atoms with Gasteiger partial charge in [-0.2, -0.15) is 5.10 Å². The summed E-state index contributed by atoms with van der Waals surface area (Å²) in [6.07, 6.45) is 3.10. The van der Waals surface area contributed by atoms with Gasteiger partial charge in [0.2, 0.25) is 0 Å². The molecule has 116 valence electrons. The molecule has 1 fully saturated rings. The van der Waals surface area contributed by atoms with Crippen molar-refractivity contribution in [2.75, 3.05) is 39.4 Å². The maximum Gasteiger partial charge on any atom is 0.251 e. The van der Waals surface area contributed by atoms with Crippen LogP contribution in [0.4, 0.5) is 0 Å². The lowest BCUT2D eigenvalue weighted by Gasteiger charge is -2.26. The van der Waals surface area contributed by atoms with Crippen LogP contribution in [0.2, 0.25) is 0 Å². The fourth-order valence-electron chi connectivity index (χ4n) is 2.36. The number of carbonyl (C=O) groups excluding carboxylic acids is 1. The molecule has 0 spiro atoms. The molecule has 0 saturated carbocycles. The van der Waals surface area contributed by atoms with Gasteiger partial charge in [-0.25, -0.2) is 9.67 Å². The molecule has 0 atom stereocenters. The number of hydrogen-bond donors (Lipinski definition) is 1. The molecule has 0 radical (unpaired) electrons. The number of morpholine rings is 1. The third-order valence-electron chi connectivity index (χ3n) is 3.63. The van der Waals surface area contributed by atoms with Crippen molar-refractivity contribution >= 4 is 5.91 Å². The van der Waals surface area contributed by atoms with E-state index in [4.69, 9.17) is 4.74 Å². The predicted octanol–water partition coefficient (Wildman–Crippen LogP) is 0.329. The summed E-state index contributed by atoms with van der Waals surface area (Å²) in [5.74, 6) is -0.0570. The Bertz CT molecular complexity index is 591. The molecule has 7 nitrogen and oxygen atoms in total. The Morgan fingerprint density at radius 2 is 2.00 bits per heavy atom. The number of ether oxygens (including phenoxy) is 1. The van der Waals surface area contributed by atoms with Crippen LogP contribution < -0.4 is 5.32 Å². The van der Waals surface area contributed by atoms with Gasteiger partial charge in [-0.1, -0.05) is 0 Å². The highest BCUT2D eigenvalue weighted by molar-refractivity contribution is 5.94. The van der Waals surface area contributed by atoms with Gasteiger partial charge < -0.3 is 10.1 Å². The number of amides is 1. The zero-order valence-electron chi connectivity index (χ0n) is 12.3. The molecular formula is C15H19N5O2. The van der Waals surface area contributed by atoms with Crippen LogP contribution in [-0.2, 0) is 4.74 Å². The summed E-state index contributed by atoms with van der Waals surface area (Å²) in [7, 11) is 0. The monoisotopic (exact) mass is 301 g/mol. The first-order chi connectivity index (χ1) is 10.8. The highest BCUT2D eigenvalue weighted by Crippen LogP contribution is 2.08. The molecule has 1 aliphatic rings. The quantitative estimate of drug-likeness (QED) is 0.861. The van der Waals surface area contributed by atoms with Gasteiger partial charge in [0.25, 0.3) is 5.91 Å². The van der Waals surface area contributed by atoms with Crippen molar-refractivity contribution < 1.29 is 9.53 Å². The van der Waals surface area contributed by atoms with E-state index in [2.05, 4.69) is 20.3 Å². The normalized spacial score (nSPS) is 15.6. The summed E-state index contributed by atoms with van der Waals surface area (Å²) in [5, 5.41) is 7.00. The Morgan fingerprint density at radius 3 is 2.68 bits per heavy atom. The molecule has 22 heavy (non-hydrogen) atoms. The summed E-state index contributed by atoms with van der Waals surface area (Å²) < 4.78 is 6.95. The molecule has 0 unspecified atom stereocenters. The number of hydrogen-bond acceptors (Lipinski definition) is 5. The SMILES string of the molecule is O=C(NCCN1CCOCC1)c1ccc(-n2cncn2)cc1. The van der Waals surface area contributed by atoms with Gasteiger partial charge in [-0.15, -0.1) is 0 Å². The van der Waals surface area contributed by atoms with E-state index in [1.165, 1.54) is 6.33 Å². The molecule has 0 aliphatic carbocycles. The Kier molecular flexibility index (Phi) is 4.77. The minimum atomic E-state index is -0.0570. The lowest BCUT2D eigenvalue weighted by atomic mass is 10.2. The van der Waals surface area contributed by atoms with Crippen molar-refractivity contribution in [2.24, 2.45) is 0 Å². The highest BCUT2D eigenvalue weighted by atomic mass is 16.5. The molecule has 1 aromatic carbocycles. The lowest BCUT2D eigenvalue weighted by Crippen LogP contribution is -2.41. The van der Waals surface area contributed by atoms with Crippen molar-refractivity contribution in [3.8, 4) is 5.69 Å². The second-order valence-electron chi connectivity index (χ2n) is 5.10. The van der Waals surface area contributed by atoms with Crippen LogP contribution >= 0.6 is 0 Å². The van der Waals surface area contributed by atoms with Crippen LogP contribution in [0.1, 0.15) is 10.4 Å². The largest absolute Gasteiger partial charge is 0.379 e. The van der Waals surface area contributed by atoms with Gasteiger partial charge in [0.05, 0.1) is 18.9 Å². The molecule has 1 N–H and O–H groups in total. The number of benzene rings is 1. The standard InChI is InChI=1S/C15H19N5O2/c21-15(17-5-6-19-7-9-22-10-8-19)13-1-3-14(4-2-13)20-12-16-11-18-20/h1-4,11-12H,5-10H2,(H,17,21). The van der Waals surface area contributed by atoms with E-state index in [-0.39, 0.29) is 5.91 Å². The van der Waals surface area contributed by atoms with E-state index in [9.17, 15) is 4.79 Å². The second-order valence-corrected chi connectivity index (χ2v) is 5.10. The predicted molar refractivity (Wildman–Crippen MR) is 81.0 cm³/mol. The molecule has 0 bridgehead atoms. The first-order valence-electron chi connectivity index (χ1n) is 7.36. The van der Waals surface area contributed by atoms with Crippen molar-refractivity contribution in [3.05, 3.63) is 42.5 Å². The third-order valence-corrected chi connectivity index (χ3v) is 3.63. The molecule has 1 aliphatic heterocycles. The Hall–Kier alpha value is -2.25. The smallest absolute Gasteiger partial charge is 0.251 e. The average Bonchev–Trinajstić information content (AvgIpc) is 3.10. The average molecular weight is 301 g/mol. The van der Waals surface area contributed by atoms with Gasteiger partial charge in [0.15, 0.2) is 0 Å². The van der Waals surface area contributed by atoms with Crippen LogP contribution in [-0.4, -0.2) is 65.0 Å². The zero-order chi connectivity index (χ0) is 15.2. The van der Waals surface area contributed by atoms with Gasteiger partial charge in [0, 0.05) is 31.7 Å². The summed E-state index contributed by atoms with van der Waals surface area (Å²) in [4.78, 5) is 18.3. The van der Waals surface area contributed by atoms with Crippen molar-refractivity contribution in [1.29, 1.82) is 0 Å². The van der Waals surface area contributed by atoms with Crippen molar-refractivity contribution in [2.45, 2.75) is 0 Å². The maximum absolute atomic E-state index is 12.1. The van der Waals surface area contributed by atoms with Crippen molar-refractivity contribution in [1.82, 2.24) is 25.0 Å². The number of aromatic nitrogens is 3. The first-order valence-corrected chi connectivity index (χ1v) is 7.36. The third kappa shape index (κ3) is 3.69.